The fraction of sp³-hybridized carbons (Fsp3) is 0.231. The monoisotopic (exact) mass is 340 g/mol. The Labute approximate surface area is 123 Å². The van der Waals surface area contributed by atoms with E-state index in [2.05, 4.69) is 27.3 Å². The van der Waals surface area contributed by atoms with Gasteiger partial charge in [-0.15, -0.1) is 11.3 Å². The van der Waals surface area contributed by atoms with Gasteiger partial charge in [-0.05, 0) is 28.1 Å². The van der Waals surface area contributed by atoms with E-state index in [1.54, 1.807) is 17.4 Å². The molecule has 2 aromatic rings. The summed E-state index contributed by atoms with van der Waals surface area (Å²) in [5.41, 5.74) is 7.55. The van der Waals surface area contributed by atoms with Gasteiger partial charge in [0, 0.05) is 23.6 Å². The van der Waals surface area contributed by atoms with Gasteiger partial charge in [0.05, 0.1) is 15.2 Å². The van der Waals surface area contributed by atoms with Crippen LogP contribution in [0.2, 0.25) is 0 Å². The Bertz CT molecular complexity index is 600. The van der Waals surface area contributed by atoms with Gasteiger partial charge in [-0.3, -0.25) is 0 Å². The van der Waals surface area contributed by atoms with Crippen LogP contribution < -0.4 is 20.5 Å². The van der Waals surface area contributed by atoms with Crippen LogP contribution in [-0.4, -0.2) is 13.2 Å². The van der Waals surface area contributed by atoms with E-state index in [1.165, 1.54) is 4.88 Å². The van der Waals surface area contributed by atoms with Gasteiger partial charge in [-0.2, -0.15) is 0 Å². The molecule has 0 aliphatic carbocycles. The van der Waals surface area contributed by atoms with Crippen molar-refractivity contribution in [2.45, 2.75) is 6.54 Å². The molecule has 0 radical (unpaired) electrons. The molecule has 19 heavy (non-hydrogen) atoms. The molecule has 3 rings (SSSR count). The van der Waals surface area contributed by atoms with E-state index in [0.717, 1.165) is 21.8 Å². The average molecular weight is 341 g/mol. The molecule has 6 heteroatoms. The number of fused-ring (bicyclic) bond motifs is 1. The zero-order chi connectivity index (χ0) is 13.2. The minimum absolute atomic E-state index is 0.572. The molecule has 0 amide bonds. The number of halogens is 1. The first-order valence-electron chi connectivity index (χ1n) is 5.89. The minimum Gasteiger partial charge on any atom is -0.486 e. The van der Waals surface area contributed by atoms with Crippen LogP contribution >= 0.6 is 27.3 Å². The third kappa shape index (κ3) is 2.79. The largest absolute Gasteiger partial charge is 0.486 e. The summed E-state index contributed by atoms with van der Waals surface area (Å²) in [5, 5.41) is 3.32. The summed E-state index contributed by atoms with van der Waals surface area (Å²) < 4.78 is 12.2. The highest BCUT2D eigenvalue weighted by atomic mass is 79.9. The SMILES string of the molecule is Nc1cc2c(cc1NCc1ccc(Br)s1)OCCO2. The highest BCUT2D eigenvalue weighted by Gasteiger charge is 2.14. The van der Waals surface area contributed by atoms with Crippen molar-refractivity contribution in [3.63, 3.8) is 0 Å². The zero-order valence-corrected chi connectivity index (χ0v) is 12.5. The van der Waals surface area contributed by atoms with Gasteiger partial charge in [0.15, 0.2) is 11.5 Å². The van der Waals surface area contributed by atoms with Crippen LogP contribution in [0, 0.1) is 0 Å². The summed E-state index contributed by atoms with van der Waals surface area (Å²) in [7, 11) is 0. The van der Waals surface area contributed by atoms with Crippen molar-refractivity contribution in [2.75, 3.05) is 24.3 Å². The van der Waals surface area contributed by atoms with E-state index in [4.69, 9.17) is 15.2 Å². The molecule has 3 N–H and O–H groups in total. The van der Waals surface area contributed by atoms with Crippen LogP contribution in [0.4, 0.5) is 11.4 Å². The lowest BCUT2D eigenvalue weighted by Crippen LogP contribution is -2.16. The van der Waals surface area contributed by atoms with Crippen molar-refractivity contribution >= 4 is 38.6 Å². The Morgan fingerprint density at radius 2 is 1.95 bits per heavy atom. The molecule has 0 bridgehead atoms. The number of nitrogens with one attached hydrogen (secondary N) is 1. The molecule has 1 aromatic carbocycles. The fourth-order valence-electron chi connectivity index (χ4n) is 1.89. The van der Waals surface area contributed by atoms with Crippen molar-refractivity contribution < 1.29 is 9.47 Å². The summed E-state index contributed by atoms with van der Waals surface area (Å²) in [4.78, 5) is 1.24. The molecular weight excluding hydrogens is 328 g/mol. The van der Waals surface area contributed by atoms with Crippen LogP contribution in [0.15, 0.2) is 28.1 Å². The number of rotatable bonds is 3. The highest BCUT2D eigenvalue weighted by molar-refractivity contribution is 9.11. The second-order valence-corrected chi connectivity index (χ2v) is 6.69. The number of hydrogen-bond donors (Lipinski definition) is 2. The first-order valence-corrected chi connectivity index (χ1v) is 7.50. The molecule has 1 aromatic heterocycles. The van der Waals surface area contributed by atoms with Crippen LogP contribution in [-0.2, 0) is 6.54 Å². The molecule has 4 nitrogen and oxygen atoms in total. The van der Waals surface area contributed by atoms with Crippen molar-refractivity contribution in [1.82, 2.24) is 0 Å². The van der Waals surface area contributed by atoms with Gasteiger partial charge < -0.3 is 20.5 Å². The number of anilines is 2. The highest BCUT2D eigenvalue weighted by Crippen LogP contribution is 2.37. The van der Waals surface area contributed by atoms with Crippen molar-refractivity contribution in [2.24, 2.45) is 0 Å². The smallest absolute Gasteiger partial charge is 0.163 e. The molecular formula is C13H13BrN2O2S. The maximum Gasteiger partial charge on any atom is 0.163 e. The van der Waals surface area contributed by atoms with E-state index < -0.39 is 0 Å². The first kappa shape index (κ1) is 12.6. The zero-order valence-electron chi connectivity index (χ0n) is 10.1. The Balaban J connectivity index is 1.77. The number of ether oxygens (including phenoxy) is 2. The predicted octanol–water partition coefficient (Wildman–Crippen LogP) is 3.48. The van der Waals surface area contributed by atoms with Gasteiger partial charge in [0.1, 0.15) is 13.2 Å². The molecule has 0 saturated carbocycles. The van der Waals surface area contributed by atoms with Crippen LogP contribution in [0.3, 0.4) is 0 Å². The lowest BCUT2D eigenvalue weighted by molar-refractivity contribution is 0.172. The molecule has 0 spiro atoms. The topological polar surface area (TPSA) is 56.5 Å². The number of nitrogen functional groups attached to an aromatic ring is 1. The van der Waals surface area contributed by atoms with Crippen LogP contribution in [0.5, 0.6) is 11.5 Å². The molecule has 1 aliphatic rings. The van der Waals surface area contributed by atoms with Gasteiger partial charge in [-0.1, -0.05) is 0 Å². The average Bonchev–Trinajstić information content (AvgIpc) is 2.82. The summed E-state index contributed by atoms with van der Waals surface area (Å²) in [6.07, 6.45) is 0. The van der Waals surface area contributed by atoms with Crippen molar-refractivity contribution in [3.05, 3.63) is 32.9 Å². The molecule has 0 unspecified atom stereocenters. The van der Waals surface area contributed by atoms with E-state index >= 15 is 0 Å². The van der Waals surface area contributed by atoms with Gasteiger partial charge >= 0.3 is 0 Å². The molecule has 2 heterocycles. The van der Waals surface area contributed by atoms with Gasteiger partial charge in [-0.25, -0.2) is 0 Å². The maximum absolute atomic E-state index is 6.01. The van der Waals surface area contributed by atoms with Gasteiger partial charge in [0.2, 0.25) is 0 Å². The summed E-state index contributed by atoms with van der Waals surface area (Å²) in [6.45, 7) is 1.89. The van der Waals surface area contributed by atoms with E-state index in [9.17, 15) is 0 Å². The standard InChI is InChI=1S/C13H13BrN2O2S/c14-13-2-1-8(19-13)7-16-10-6-12-11(5-9(10)15)17-3-4-18-12/h1-2,5-6,16H,3-4,7,15H2. The minimum atomic E-state index is 0.572. The summed E-state index contributed by atoms with van der Waals surface area (Å²) >= 11 is 5.15. The fourth-order valence-corrected chi connectivity index (χ4v) is 3.31. The van der Waals surface area contributed by atoms with Crippen molar-refractivity contribution in [1.29, 1.82) is 0 Å². The van der Waals surface area contributed by atoms with Crippen molar-refractivity contribution in [3.8, 4) is 11.5 Å². The van der Waals surface area contributed by atoms with E-state index in [-0.39, 0.29) is 0 Å². The number of hydrogen-bond acceptors (Lipinski definition) is 5. The Hall–Kier alpha value is -1.40. The summed E-state index contributed by atoms with van der Waals surface area (Å²) in [5.74, 6) is 1.46. The lowest BCUT2D eigenvalue weighted by Gasteiger charge is -2.20. The second-order valence-electron chi connectivity index (χ2n) is 4.14. The third-order valence-electron chi connectivity index (χ3n) is 2.80. The first-order chi connectivity index (χ1) is 9.22. The molecule has 100 valence electrons. The number of nitrogens with two attached hydrogens (primary N) is 1. The van der Waals surface area contributed by atoms with Crippen LogP contribution in [0.1, 0.15) is 4.88 Å². The molecule has 0 atom stereocenters. The third-order valence-corrected chi connectivity index (χ3v) is 4.42. The molecule has 0 saturated heterocycles. The number of thiophene rings is 1. The Kier molecular flexibility index (Phi) is 3.52. The number of benzene rings is 1. The lowest BCUT2D eigenvalue weighted by atomic mass is 10.2. The molecule has 1 aliphatic heterocycles. The Morgan fingerprint density at radius 3 is 2.63 bits per heavy atom. The quantitative estimate of drug-likeness (QED) is 0.840. The molecule has 0 fully saturated rings. The normalized spacial score (nSPS) is 13.3. The van der Waals surface area contributed by atoms with E-state index in [0.29, 0.717) is 24.7 Å². The second kappa shape index (κ2) is 5.30. The summed E-state index contributed by atoms with van der Waals surface area (Å²) in [6, 6.07) is 7.82. The maximum atomic E-state index is 6.01. The van der Waals surface area contributed by atoms with Gasteiger partial charge in [0.25, 0.3) is 0 Å². The predicted molar refractivity (Wildman–Crippen MR) is 81.2 cm³/mol. The van der Waals surface area contributed by atoms with Crippen LogP contribution in [0.25, 0.3) is 0 Å². The Morgan fingerprint density at radius 1 is 1.21 bits per heavy atom. The van der Waals surface area contributed by atoms with E-state index in [1.807, 2.05) is 12.1 Å².